The van der Waals surface area contributed by atoms with Gasteiger partial charge >= 0.3 is 5.97 Å². The van der Waals surface area contributed by atoms with E-state index >= 15 is 0 Å². The third-order valence-electron chi connectivity index (χ3n) is 3.17. The Morgan fingerprint density at radius 1 is 1.26 bits per heavy atom. The van der Waals surface area contributed by atoms with Crippen LogP contribution in [0.5, 0.6) is 0 Å². The number of ether oxygens (including phenoxy) is 1. The van der Waals surface area contributed by atoms with Crippen molar-refractivity contribution in [2.75, 3.05) is 6.61 Å². The number of carbonyl (C=O) groups excluding carboxylic acids is 2. The van der Waals surface area contributed by atoms with Gasteiger partial charge in [-0.15, -0.1) is 11.3 Å². The van der Waals surface area contributed by atoms with Crippen LogP contribution in [0.4, 0.5) is 0 Å². The molecule has 0 fully saturated rings. The molecule has 1 unspecified atom stereocenters. The molecule has 1 atom stereocenters. The molecule has 1 amide bonds. The standard InChI is InChI=1S/C16H15Cl2NO3S/c1-3-22-16(21)12(10-7-5-4-6-8-10)19-15(20)13-9(2)11(17)14(18)23-13/h4-8,12H,3H2,1-2H3,(H,19,20). The highest BCUT2D eigenvalue weighted by Crippen LogP contribution is 2.36. The van der Waals surface area contributed by atoms with Crippen molar-refractivity contribution in [2.24, 2.45) is 0 Å². The Morgan fingerprint density at radius 2 is 1.91 bits per heavy atom. The van der Waals surface area contributed by atoms with Crippen LogP contribution in [0.1, 0.15) is 33.8 Å². The summed E-state index contributed by atoms with van der Waals surface area (Å²) in [5.74, 6) is -0.929. The van der Waals surface area contributed by atoms with Crippen molar-refractivity contribution in [1.82, 2.24) is 5.32 Å². The zero-order valence-corrected chi connectivity index (χ0v) is 14.9. The first-order valence-electron chi connectivity index (χ1n) is 6.92. The van der Waals surface area contributed by atoms with Gasteiger partial charge in [0.05, 0.1) is 16.5 Å². The molecule has 0 spiro atoms. The molecule has 0 saturated heterocycles. The van der Waals surface area contributed by atoms with E-state index in [9.17, 15) is 9.59 Å². The molecule has 0 bridgehead atoms. The number of halogens is 2. The predicted molar refractivity (Wildman–Crippen MR) is 92.4 cm³/mol. The molecular formula is C16H15Cl2NO3S. The lowest BCUT2D eigenvalue weighted by molar-refractivity contribution is -0.145. The van der Waals surface area contributed by atoms with Crippen LogP contribution in [0, 0.1) is 6.92 Å². The summed E-state index contributed by atoms with van der Waals surface area (Å²) in [6, 6.07) is 8.03. The van der Waals surface area contributed by atoms with Gasteiger partial charge in [-0.05, 0) is 25.0 Å². The number of hydrogen-bond acceptors (Lipinski definition) is 4. The number of benzene rings is 1. The summed E-state index contributed by atoms with van der Waals surface area (Å²) in [4.78, 5) is 25.1. The van der Waals surface area contributed by atoms with E-state index in [1.807, 2.05) is 6.07 Å². The minimum absolute atomic E-state index is 0.230. The normalized spacial score (nSPS) is 11.8. The lowest BCUT2D eigenvalue weighted by Crippen LogP contribution is -2.34. The highest BCUT2D eigenvalue weighted by molar-refractivity contribution is 7.19. The summed E-state index contributed by atoms with van der Waals surface area (Å²) in [6.45, 7) is 3.65. The molecule has 0 saturated carbocycles. The number of amides is 1. The zero-order chi connectivity index (χ0) is 17.0. The second-order valence-electron chi connectivity index (χ2n) is 4.71. The van der Waals surface area contributed by atoms with E-state index in [-0.39, 0.29) is 6.61 Å². The van der Waals surface area contributed by atoms with Gasteiger partial charge in [0.1, 0.15) is 4.34 Å². The third kappa shape index (κ3) is 4.05. The average molecular weight is 372 g/mol. The Kier molecular flexibility index (Phi) is 6.04. The van der Waals surface area contributed by atoms with Crippen molar-refractivity contribution in [1.29, 1.82) is 0 Å². The summed E-state index contributed by atoms with van der Waals surface area (Å²) in [7, 11) is 0. The molecule has 2 aromatic rings. The third-order valence-corrected chi connectivity index (χ3v) is 5.35. The Bertz CT molecular complexity index is 716. The molecule has 2 rings (SSSR count). The van der Waals surface area contributed by atoms with Crippen LogP contribution in [0.15, 0.2) is 30.3 Å². The fourth-order valence-electron chi connectivity index (χ4n) is 2.02. The first-order chi connectivity index (χ1) is 11.0. The molecule has 122 valence electrons. The van der Waals surface area contributed by atoms with Crippen LogP contribution in [0.3, 0.4) is 0 Å². The van der Waals surface area contributed by atoms with Gasteiger partial charge in [0.25, 0.3) is 5.91 Å². The number of thiophene rings is 1. The van der Waals surface area contributed by atoms with E-state index < -0.39 is 17.9 Å². The number of esters is 1. The quantitative estimate of drug-likeness (QED) is 0.792. The van der Waals surface area contributed by atoms with Gasteiger partial charge in [-0.3, -0.25) is 4.79 Å². The molecular weight excluding hydrogens is 357 g/mol. The molecule has 0 aliphatic rings. The minimum atomic E-state index is -0.886. The first-order valence-corrected chi connectivity index (χ1v) is 8.49. The Morgan fingerprint density at radius 3 is 2.43 bits per heavy atom. The summed E-state index contributed by atoms with van der Waals surface area (Å²) >= 11 is 13.1. The van der Waals surface area contributed by atoms with E-state index in [1.165, 1.54) is 0 Å². The van der Waals surface area contributed by atoms with E-state index in [0.717, 1.165) is 11.3 Å². The Labute approximate surface area is 148 Å². The monoisotopic (exact) mass is 371 g/mol. The maximum Gasteiger partial charge on any atom is 0.333 e. The molecule has 1 heterocycles. The topological polar surface area (TPSA) is 55.4 Å². The average Bonchev–Trinajstić information content (AvgIpc) is 2.81. The first kappa shape index (κ1) is 17.8. The maximum absolute atomic E-state index is 12.5. The van der Waals surface area contributed by atoms with Gasteiger partial charge in [0.2, 0.25) is 0 Å². The number of hydrogen-bond donors (Lipinski definition) is 1. The van der Waals surface area contributed by atoms with Crippen LogP contribution >= 0.6 is 34.5 Å². The summed E-state index contributed by atoms with van der Waals surface area (Å²) in [6.07, 6.45) is 0. The maximum atomic E-state index is 12.5. The molecule has 0 radical (unpaired) electrons. The van der Waals surface area contributed by atoms with Crippen molar-refractivity contribution < 1.29 is 14.3 Å². The van der Waals surface area contributed by atoms with Gasteiger partial charge in [0.15, 0.2) is 6.04 Å². The number of rotatable bonds is 5. The van der Waals surface area contributed by atoms with Gasteiger partial charge in [-0.25, -0.2) is 4.79 Å². The summed E-state index contributed by atoms with van der Waals surface area (Å²) < 4.78 is 5.40. The largest absolute Gasteiger partial charge is 0.464 e. The van der Waals surface area contributed by atoms with E-state index in [0.29, 0.717) is 25.4 Å². The molecule has 1 N–H and O–H groups in total. The number of nitrogens with one attached hydrogen (secondary N) is 1. The van der Waals surface area contributed by atoms with Crippen LogP contribution < -0.4 is 5.32 Å². The smallest absolute Gasteiger partial charge is 0.333 e. The van der Waals surface area contributed by atoms with E-state index in [2.05, 4.69) is 5.32 Å². The highest BCUT2D eigenvalue weighted by atomic mass is 35.5. The van der Waals surface area contributed by atoms with Crippen LogP contribution in [0.2, 0.25) is 9.36 Å². The second-order valence-corrected chi connectivity index (χ2v) is 6.71. The molecule has 0 aliphatic carbocycles. The van der Waals surface area contributed by atoms with Crippen LogP contribution in [-0.2, 0) is 9.53 Å². The van der Waals surface area contributed by atoms with Crippen molar-refractivity contribution in [3.8, 4) is 0 Å². The predicted octanol–water partition coefficient (Wildman–Crippen LogP) is 4.40. The molecule has 7 heteroatoms. The van der Waals surface area contributed by atoms with Crippen LogP contribution in [-0.4, -0.2) is 18.5 Å². The van der Waals surface area contributed by atoms with E-state index in [1.54, 1.807) is 38.1 Å². The van der Waals surface area contributed by atoms with E-state index in [4.69, 9.17) is 27.9 Å². The van der Waals surface area contributed by atoms with Gasteiger partial charge in [-0.1, -0.05) is 53.5 Å². The van der Waals surface area contributed by atoms with Gasteiger partial charge < -0.3 is 10.1 Å². The lowest BCUT2D eigenvalue weighted by atomic mass is 10.1. The molecule has 4 nitrogen and oxygen atoms in total. The lowest BCUT2D eigenvalue weighted by Gasteiger charge is -2.17. The summed E-state index contributed by atoms with van der Waals surface area (Å²) in [5, 5.41) is 3.05. The number of carbonyl (C=O) groups is 2. The second kappa shape index (κ2) is 7.81. The van der Waals surface area contributed by atoms with Crippen molar-refractivity contribution in [2.45, 2.75) is 19.9 Å². The summed E-state index contributed by atoms with van der Waals surface area (Å²) in [5.41, 5.74) is 1.24. The molecule has 1 aromatic carbocycles. The van der Waals surface area contributed by atoms with Crippen LogP contribution in [0.25, 0.3) is 0 Å². The van der Waals surface area contributed by atoms with Crippen molar-refractivity contribution >= 4 is 46.4 Å². The highest BCUT2D eigenvalue weighted by Gasteiger charge is 2.26. The fraction of sp³-hybridized carbons (Fsp3) is 0.250. The van der Waals surface area contributed by atoms with Gasteiger partial charge in [-0.2, -0.15) is 0 Å². The van der Waals surface area contributed by atoms with Crippen molar-refractivity contribution in [3.63, 3.8) is 0 Å². The zero-order valence-electron chi connectivity index (χ0n) is 12.6. The fourth-order valence-corrected chi connectivity index (χ4v) is 3.49. The molecule has 1 aromatic heterocycles. The Hall–Kier alpha value is -1.56. The SMILES string of the molecule is CCOC(=O)C(NC(=O)c1sc(Cl)c(Cl)c1C)c1ccccc1. The molecule has 0 aliphatic heterocycles. The minimum Gasteiger partial charge on any atom is -0.464 e. The van der Waals surface area contributed by atoms with Gasteiger partial charge in [0, 0.05) is 0 Å². The Balaban J connectivity index is 2.28. The van der Waals surface area contributed by atoms with Crippen molar-refractivity contribution in [3.05, 3.63) is 55.7 Å². The molecule has 23 heavy (non-hydrogen) atoms.